The van der Waals surface area contributed by atoms with Crippen LogP contribution in [0.25, 0.3) is 0 Å². The van der Waals surface area contributed by atoms with Crippen molar-refractivity contribution in [3.8, 4) is 0 Å². The second-order valence-corrected chi connectivity index (χ2v) is 7.24. The van der Waals surface area contributed by atoms with Crippen molar-refractivity contribution in [2.45, 2.75) is 19.8 Å². The van der Waals surface area contributed by atoms with E-state index in [2.05, 4.69) is 4.72 Å². The number of amides is 1. The standard InChI is InChI=1S/C12H19N3O3S2/c1-9-7-19-8-11(9)12(16)15-4-2-3-10(6-15)5-14-20(13,17)18/h7-8,10,14H,2-6H2,1H3,(H2,13,17,18). The molecule has 1 saturated heterocycles. The first-order valence-corrected chi connectivity index (χ1v) is 8.95. The van der Waals surface area contributed by atoms with E-state index in [4.69, 9.17) is 5.14 Å². The second kappa shape index (κ2) is 6.21. The van der Waals surface area contributed by atoms with E-state index in [-0.39, 0.29) is 18.4 Å². The first-order chi connectivity index (χ1) is 9.37. The molecule has 1 aliphatic rings. The van der Waals surface area contributed by atoms with Crippen molar-refractivity contribution >= 4 is 27.5 Å². The number of rotatable bonds is 4. The number of aryl methyl sites for hydroxylation is 1. The summed E-state index contributed by atoms with van der Waals surface area (Å²) in [6.45, 7) is 3.50. The maximum atomic E-state index is 12.4. The summed E-state index contributed by atoms with van der Waals surface area (Å²) in [7, 11) is -3.66. The van der Waals surface area contributed by atoms with Crippen molar-refractivity contribution in [2.75, 3.05) is 19.6 Å². The molecule has 0 radical (unpaired) electrons. The Kier molecular flexibility index (Phi) is 4.79. The summed E-state index contributed by atoms with van der Waals surface area (Å²) in [5.41, 5.74) is 1.74. The summed E-state index contributed by atoms with van der Waals surface area (Å²) >= 11 is 1.52. The van der Waals surface area contributed by atoms with Crippen molar-refractivity contribution in [1.29, 1.82) is 0 Å². The first kappa shape index (κ1) is 15.4. The lowest BCUT2D eigenvalue weighted by atomic mass is 9.97. The third-order valence-electron chi connectivity index (χ3n) is 3.47. The fraction of sp³-hybridized carbons (Fsp3) is 0.583. The molecule has 0 bridgehead atoms. The highest BCUT2D eigenvalue weighted by Crippen LogP contribution is 2.21. The molecule has 112 valence electrons. The van der Waals surface area contributed by atoms with Gasteiger partial charge in [0.05, 0.1) is 5.56 Å². The molecule has 1 aromatic heterocycles. The van der Waals surface area contributed by atoms with Crippen LogP contribution in [-0.2, 0) is 10.2 Å². The van der Waals surface area contributed by atoms with Crippen LogP contribution in [0.2, 0.25) is 0 Å². The van der Waals surface area contributed by atoms with Crippen molar-refractivity contribution in [3.05, 3.63) is 21.9 Å². The predicted octanol–water partition coefficient (Wildman–Crippen LogP) is 0.702. The summed E-state index contributed by atoms with van der Waals surface area (Å²) < 4.78 is 24.1. The molecule has 2 heterocycles. The predicted molar refractivity (Wildman–Crippen MR) is 78.8 cm³/mol. The zero-order valence-corrected chi connectivity index (χ0v) is 13.0. The van der Waals surface area contributed by atoms with Gasteiger partial charge in [-0.2, -0.15) is 19.8 Å². The normalized spacial score (nSPS) is 20.1. The fourth-order valence-electron chi connectivity index (χ4n) is 2.40. The van der Waals surface area contributed by atoms with E-state index >= 15 is 0 Å². The van der Waals surface area contributed by atoms with Crippen LogP contribution in [0, 0.1) is 12.8 Å². The van der Waals surface area contributed by atoms with E-state index in [1.165, 1.54) is 11.3 Å². The molecule has 1 unspecified atom stereocenters. The molecule has 8 heteroatoms. The van der Waals surface area contributed by atoms with E-state index in [1.807, 2.05) is 17.7 Å². The third-order valence-corrected chi connectivity index (χ3v) is 4.90. The smallest absolute Gasteiger partial charge is 0.274 e. The van der Waals surface area contributed by atoms with Gasteiger partial charge in [0.2, 0.25) is 0 Å². The monoisotopic (exact) mass is 317 g/mol. The molecular formula is C12H19N3O3S2. The summed E-state index contributed by atoms with van der Waals surface area (Å²) in [6.07, 6.45) is 1.78. The van der Waals surface area contributed by atoms with Crippen molar-refractivity contribution < 1.29 is 13.2 Å². The van der Waals surface area contributed by atoms with Gasteiger partial charge in [-0.15, -0.1) is 0 Å². The highest BCUT2D eigenvalue weighted by Gasteiger charge is 2.26. The Morgan fingerprint density at radius 3 is 2.90 bits per heavy atom. The molecule has 0 spiro atoms. The van der Waals surface area contributed by atoms with E-state index in [0.717, 1.165) is 30.5 Å². The maximum absolute atomic E-state index is 12.4. The number of piperidine rings is 1. The van der Waals surface area contributed by atoms with Gasteiger partial charge in [-0.3, -0.25) is 4.79 Å². The van der Waals surface area contributed by atoms with Gasteiger partial charge in [0, 0.05) is 25.0 Å². The number of thiophene rings is 1. The fourth-order valence-corrected chi connectivity index (χ4v) is 3.69. The van der Waals surface area contributed by atoms with Crippen LogP contribution < -0.4 is 9.86 Å². The summed E-state index contributed by atoms with van der Waals surface area (Å²) in [5, 5.41) is 8.75. The number of hydrogen-bond acceptors (Lipinski definition) is 4. The number of carbonyl (C=O) groups is 1. The van der Waals surface area contributed by atoms with Gasteiger partial charge >= 0.3 is 0 Å². The second-order valence-electron chi connectivity index (χ2n) is 5.12. The lowest BCUT2D eigenvalue weighted by molar-refractivity contribution is 0.0676. The van der Waals surface area contributed by atoms with Gasteiger partial charge < -0.3 is 4.90 Å². The summed E-state index contributed by atoms with van der Waals surface area (Å²) in [6, 6.07) is 0. The SMILES string of the molecule is Cc1cscc1C(=O)N1CCCC(CNS(N)(=O)=O)C1. The first-order valence-electron chi connectivity index (χ1n) is 6.46. The molecule has 6 nitrogen and oxygen atoms in total. The van der Waals surface area contributed by atoms with Gasteiger partial charge in [0.15, 0.2) is 0 Å². The van der Waals surface area contributed by atoms with Crippen molar-refractivity contribution in [1.82, 2.24) is 9.62 Å². The van der Waals surface area contributed by atoms with E-state index in [9.17, 15) is 13.2 Å². The minimum absolute atomic E-state index is 0.0315. The van der Waals surface area contributed by atoms with Gasteiger partial charge in [-0.25, -0.2) is 9.86 Å². The molecular weight excluding hydrogens is 298 g/mol. The maximum Gasteiger partial charge on any atom is 0.274 e. The van der Waals surface area contributed by atoms with Crippen LogP contribution in [0.1, 0.15) is 28.8 Å². The molecule has 0 saturated carbocycles. The van der Waals surface area contributed by atoms with Crippen LogP contribution in [0.5, 0.6) is 0 Å². The quantitative estimate of drug-likeness (QED) is 0.856. The Morgan fingerprint density at radius 2 is 2.30 bits per heavy atom. The van der Waals surface area contributed by atoms with E-state index in [0.29, 0.717) is 6.54 Å². The number of nitrogens with one attached hydrogen (secondary N) is 1. The number of nitrogens with zero attached hydrogens (tertiary/aromatic N) is 1. The molecule has 2 rings (SSSR count). The van der Waals surface area contributed by atoms with E-state index in [1.54, 1.807) is 4.90 Å². The molecule has 1 aliphatic heterocycles. The average molecular weight is 317 g/mol. The van der Waals surface area contributed by atoms with Crippen LogP contribution >= 0.6 is 11.3 Å². The number of nitrogens with two attached hydrogens (primary N) is 1. The molecule has 0 aliphatic carbocycles. The Bertz CT molecular complexity index is 583. The Balaban J connectivity index is 1.97. The number of carbonyl (C=O) groups excluding carboxylic acids is 1. The zero-order valence-electron chi connectivity index (χ0n) is 11.3. The topological polar surface area (TPSA) is 92.5 Å². The lowest BCUT2D eigenvalue weighted by Gasteiger charge is -2.32. The molecule has 1 amide bonds. The van der Waals surface area contributed by atoms with Crippen molar-refractivity contribution in [3.63, 3.8) is 0 Å². The number of likely N-dealkylation sites (tertiary alicyclic amines) is 1. The minimum atomic E-state index is -3.66. The molecule has 1 atom stereocenters. The Labute approximate surface area is 123 Å². The summed E-state index contributed by atoms with van der Waals surface area (Å²) in [5.74, 6) is 0.147. The lowest BCUT2D eigenvalue weighted by Crippen LogP contribution is -2.44. The zero-order chi connectivity index (χ0) is 14.8. The van der Waals surface area contributed by atoms with Crippen molar-refractivity contribution in [2.24, 2.45) is 11.1 Å². The number of hydrogen-bond donors (Lipinski definition) is 2. The van der Waals surface area contributed by atoms with Gasteiger partial charge in [-0.1, -0.05) is 0 Å². The Hall–Kier alpha value is -0.960. The van der Waals surface area contributed by atoms with Crippen LogP contribution in [0.3, 0.4) is 0 Å². The van der Waals surface area contributed by atoms with Crippen LogP contribution in [0.15, 0.2) is 10.8 Å². The average Bonchev–Trinajstić information content (AvgIpc) is 2.81. The van der Waals surface area contributed by atoms with Crippen LogP contribution in [0.4, 0.5) is 0 Å². The highest BCUT2D eigenvalue weighted by atomic mass is 32.2. The molecule has 1 aromatic rings. The van der Waals surface area contributed by atoms with Gasteiger partial charge in [0.1, 0.15) is 0 Å². The molecule has 3 N–H and O–H groups in total. The minimum Gasteiger partial charge on any atom is -0.338 e. The Morgan fingerprint density at radius 1 is 1.55 bits per heavy atom. The largest absolute Gasteiger partial charge is 0.338 e. The van der Waals surface area contributed by atoms with Gasteiger partial charge in [-0.05, 0) is 36.6 Å². The molecule has 0 aromatic carbocycles. The van der Waals surface area contributed by atoms with Gasteiger partial charge in [0.25, 0.3) is 16.1 Å². The van der Waals surface area contributed by atoms with Crippen LogP contribution in [-0.4, -0.2) is 38.9 Å². The molecule has 1 fully saturated rings. The van der Waals surface area contributed by atoms with E-state index < -0.39 is 10.2 Å². The third kappa shape index (κ3) is 4.02. The highest BCUT2D eigenvalue weighted by molar-refractivity contribution is 7.87. The molecule has 20 heavy (non-hydrogen) atoms. The summed E-state index contributed by atoms with van der Waals surface area (Å²) in [4.78, 5) is 14.2.